The van der Waals surface area contributed by atoms with E-state index in [1.165, 1.54) is 6.20 Å². The van der Waals surface area contributed by atoms with Crippen LogP contribution in [0.1, 0.15) is 10.5 Å². The van der Waals surface area contributed by atoms with Crippen molar-refractivity contribution in [3.63, 3.8) is 0 Å². The van der Waals surface area contributed by atoms with Crippen LogP contribution in [0.2, 0.25) is 5.28 Å². The minimum Gasteiger partial charge on any atom is -0.351 e. The first-order chi connectivity index (χ1) is 9.22. The maximum Gasteiger partial charge on any atom is 0.273 e. The van der Waals surface area contributed by atoms with E-state index in [0.717, 1.165) is 10.9 Å². The average molecular weight is 273 g/mol. The van der Waals surface area contributed by atoms with Gasteiger partial charge in [0.1, 0.15) is 11.5 Å². The zero-order valence-corrected chi connectivity index (χ0v) is 10.5. The molecule has 19 heavy (non-hydrogen) atoms. The van der Waals surface area contributed by atoms with Crippen molar-refractivity contribution in [1.82, 2.24) is 15.0 Å². The maximum atomic E-state index is 12.0. The normalized spacial score (nSPS) is 10.6. The number of hydrogen-bond acceptors (Lipinski definition) is 3. The molecular formula is C13H9ClN4O. The van der Waals surface area contributed by atoms with Gasteiger partial charge in [-0.1, -0.05) is 18.2 Å². The number of rotatable bonds is 2. The molecule has 0 spiro atoms. The summed E-state index contributed by atoms with van der Waals surface area (Å²) < 4.78 is 0. The molecule has 1 amide bonds. The quantitative estimate of drug-likeness (QED) is 0.705. The fraction of sp³-hybridized carbons (Fsp3) is 0. The maximum absolute atomic E-state index is 12.0. The Morgan fingerprint density at radius 1 is 1.26 bits per heavy atom. The van der Waals surface area contributed by atoms with Crippen LogP contribution < -0.4 is 5.32 Å². The van der Waals surface area contributed by atoms with E-state index >= 15 is 0 Å². The first-order valence-corrected chi connectivity index (χ1v) is 5.98. The van der Waals surface area contributed by atoms with Gasteiger partial charge in [0.25, 0.3) is 5.91 Å². The second-order valence-electron chi connectivity index (χ2n) is 3.94. The summed E-state index contributed by atoms with van der Waals surface area (Å²) in [5, 5.41) is 3.73. The van der Waals surface area contributed by atoms with Crippen LogP contribution in [0.25, 0.3) is 10.9 Å². The Kier molecular flexibility index (Phi) is 2.89. The highest BCUT2D eigenvalue weighted by Gasteiger charge is 2.10. The molecule has 0 radical (unpaired) electrons. The van der Waals surface area contributed by atoms with Crippen LogP contribution in [-0.2, 0) is 0 Å². The lowest BCUT2D eigenvalue weighted by molar-refractivity contribution is 0.102. The molecule has 94 valence electrons. The predicted molar refractivity (Wildman–Crippen MR) is 73.3 cm³/mol. The molecule has 0 aliphatic rings. The van der Waals surface area contributed by atoms with Crippen LogP contribution >= 0.6 is 11.6 Å². The second-order valence-corrected chi connectivity index (χ2v) is 4.27. The summed E-state index contributed by atoms with van der Waals surface area (Å²) in [5.41, 5.74) is 1.38. The Morgan fingerprint density at radius 2 is 2.11 bits per heavy atom. The van der Waals surface area contributed by atoms with E-state index in [1.54, 1.807) is 12.1 Å². The molecule has 3 aromatic rings. The van der Waals surface area contributed by atoms with E-state index in [-0.39, 0.29) is 11.2 Å². The number of benzene rings is 1. The summed E-state index contributed by atoms with van der Waals surface area (Å²) in [6, 6.07) is 11.0. The number of H-pyrrole nitrogens is 1. The molecule has 3 rings (SSSR count). The van der Waals surface area contributed by atoms with Crippen molar-refractivity contribution in [3.8, 4) is 0 Å². The van der Waals surface area contributed by atoms with Gasteiger partial charge in [-0.2, -0.15) is 0 Å². The fourth-order valence-electron chi connectivity index (χ4n) is 1.78. The van der Waals surface area contributed by atoms with Gasteiger partial charge in [-0.05, 0) is 29.8 Å². The summed E-state index contributed by atoms with van der Waals surface area (Å²) in [5.74, 6) is 0.0922. The average Bonchev–Trinajstić information content (AvgIpc) is 2.82. The molecule has 0 atom stereocenters. The Hall–Kier alpha value is -2.40. The topological polar surface area (TPSA) is 70.7 Å². The molecule has 0 unspecified atom stereocenters. The third-order valence-corrected chi connectivity index (χ3v) is 2.82. The summed E-state index contributed by atoms with van der Waals surface area (Å²) >= 11 is 5.66. The van der Waals surface area contributed by atoms with Gasteiger partial charge in [-0.25, -0.2) is 9.97 Å². The van der Waals surface area contributed by atoms with Crippen molar-refractivity contribution in [2.75, 3.05) is 5.32 Å². The molecule has 2 heterocycles. The molecule has 0 aliphatic heterocycles. The Labute approximate surface area is 113 Å². The molecule has 0 bridgehead atoms. The van der Waals surface area contributed by atoms with Crippen LogP contribution in [0, 0.1) is 0 Å². The number of nitrogens with one attached hydrogen (secondary N) is 2. The number of aromatic nitrogens is 3. The van der Waals surface area contributed by atoms with Crippen molar-refractivity contribution < 1.29 is 4.79 Å². The number of anilines is 1. The van der Waals surface area contributed by atoms with Crippen molar-refractivity contribution in [2.24, 2.45) is 0 Å². The largest absolute Gasteiger partial charge is 0.351 e. The lowest BCUT2D eigenvalue weighted by atomic mass is 10.2. The number of carbonyl (C=O) groups excluding carboxylic acids is 1. The third-order valence-electron chi connectivity index (χ3n) is 2.64. The smallest absolute Gasteiger partial charge is 0.273 e. The van der Waals surface area contributed by atoms with Crippen LogP contribution in [0.15, 0.2) is 42.6 Å². The molecule has 0 saturated carbocycles. The Bertz CT molecular complexity index is 720. The highest BCUT2D eigenvalue weighted by atomic mass is 35.5. The number of para-hydroxylation sites is 1. The zero-order valence-electron chi connectivity index (χ0n) is 9.72. The van der Waals surface area contributed by atoms with Gasteiger partial charge in [0.15, 0.2) is 0 Å². The molecule has 0 saturated heterocycles. The third kappa shape index (κ3) is 2.41. The van der Waals surface area contributed by atoms with E-state index < -0.39 is 0 Å². The van der Waals surface area contributed by atoms with Crippen molar-refractivity contribution in [3.05, 3.63) is 53.6 Å². The molecule has 5 nitrogen and oxygen atoms in total. The first kappa shape index (κ1) is 11.7. The number of hydrogen-bond donors (Lipinski definition) is 2. The van der Waals surface area contributed by atoms with Gasteiger partial charge in [-0.3, -0.25) is 4.79 Å². The summed E-state index contributed by atoms with van der Waals surface area (Å²) in [7, 11) is 0. The SMILES string of the molecule is O=C(Nc1ccnc(Cl)n1)c1cc2ccccc2[nH]1. The molecule has 6 heteroatoms. The number of aromatic amines is 1. The Balaban J connectivity index is 1.87. The van der Waals surface area contributed by atoms with Crippen LogP contribution in [-0.4, -0.2) is 20.9 Å². The molecular weight excluding hydrogens is 264 g/mol. The lowest BCUT2D eigenvalue weighted by Crippen LogP contribution is -2.13. The second kappa shape index (κ2) is 4.70. The van der Waals surface area contributed by atoms with E-state index in [2.05, 4.69) is 20.3 Å². The van der Waals surface area contributed by atoms with Crippen molar-refractivity contribution in [2.45, 2.75) is 0 Å². The van der Waals surface area contributed by atoms with Gasteiger partial charge >= 0.3 is 0 Å². The standard InChI is InChI=1S/C13H9ClN4O/c14-13-15-6-5-11(18-13)17-12(19)10-7-8-3-1-2-4-9(8)16-10/h1-7,16H,(H,15,17,18,19). The van der Waals surface area contributed by atoms with Gasteiger partial charge in [0, 0.05) is 17.1 Å². The summed E-state index contributed by atoms with van der Waals surface area (Å²) in [6.07, 6.45) is 1.48. The molecule has 2 aromatic heterocycles. The Morgan fingerprint density at radius 3 is 2.89 bits per heavy atom. The number of amides is 1. The number of nitrogens with zero attached hydrogens (tertiary/aromatic N) is 2. The number of fused-ring (bicyclic) bond motifs is 1. The predicted octanol–water partition coefficient (Wildman–Crippen LogP) is 2.86. The van der Waals surface area contributed by atoms with E-state index in [1.807, 2.05) is 24.3 Å². The van der Waals surface area contributed by atoms with Gasteiger partial charge in [-0.15, -0.1) is 0 Å². The molecule has 0 aliphatic carbocycles. The van der Waals surface area contributed by atoms with Crippen LogP contribution in [0.3, 0.4) is 0 Å². The highest BCUT2D eigenvalue weighted by molar-refractivity contribution is 6.28. The molecule has 0 fully saturated rings. The van der Waals surface area contributed by atoms with Crippen molar-refractivity contribution in [1.29, 1.82) is 0 Å². The van der Waals surface area contributed by atoms with Gasteiger partial charge in [0.05, 0.1) is 0 Å². The highest BCUT2D eigenvalue weighted by Crippen LogP contribution is 2.15. The first-order valence-electron chi connectivity index (χ1n) is 5.60. The summed E-state index contributed by atoms with van der Waals surface area (Å²) in [6.45, 7) is 0. The van der Waals surface area contributed by atoms with E-state index in [9.17, 15) is 4.79 Å². The minimum absolute atomic E-state index is 0.0921. The summed E-state index contributed by atoms with van der Waals surface area (Å²) in [4.78, 5) is 22.7. The fourth-order valence-corrected chi connectivity index (χ4v) is 1.93. The molecule has 1 aromatic carbocycles. The number of carbonyl (C=O) groups is 1. The van der Waals surface area contributed by atoms with E-state index in [4.69, 9.17) is 11.6 Å². The van der Waals surface area contributed by atoms with Crippen LogP contribution in [0.4, 0.5) is 5.82 Å². The lowest BCUT2D eigenvalue weighted by Gasteiger charge is -2.01. The van der Waals surface area contributed by atoms with Gasteiger partial charge in [0.2, 0.25) is 5.28 Å². The molecule has 2 N–H and O–H groups in total. The number of halogens is 1. The van der Waals surface area contributed by atoms with Crippen molar-refractivity contribution >= 4 is 34.2 Å². The minimum atomic E-state index is -0.272. The van der Waals surface area contributed by atoms with Gasteiger partial charge < -0.3 is 10.3 Å². The van der Waals surface area contributed by atoms with Crippen LogP contribution in [0.5, 0.6) is 0 Å². The van der Waals surface area contributed by atoms with E-state index in [0.29, 0.717) is 11.5 Å². The monoisotopic (exact) mass is 272 g/mol. The zero-order chi connectivity index (χ0) is 13.2.